The van der Waals surface area contributed by atoms with Crippen LogP contribution in [0.15, 0.2) is 48.5 Å². The van der Waals surface area contributed by atoms with E-state index in [1.807, 2.05) is 42.5 Å². The predicted octanol–water partition coefficient (Wildman–Crippen LogP) is 3.96. The van der Waals surface area contributed by atoms with Gasteiger partial charge in [0.25, 0.3) is 0 Å². The maximum atomic E-state index is 11.2. The summed E-state index contributed by atoms with van der Waals surface area (Å²) in [5, 5.41) is 0. The highest BCUT2D eigenvalue weighted by Crippen LogP contribution is 2.41. The molecule has 0 amide bonds. The Balaban J connectivity index is 1.75. The second-order valence-electron chi connectivity index (χ2n) is 4.96. The van der Waals surface area contributed by atoms with Crippen LogP contribution < -0.4 is 4.74 Å². The molecule has 2 aromatic carbocycles. The monoisotopic (exact) mass is 252 g/mol. The smallest absolute Gasteiger partial charge is 0.153 e. The summed E-state index contributed by atoms with van der Waals surface area (Å²) in [6.45, 7) is 0.491. The lowest BCUT2D eigenvalue weighted by molar-refractivity contribution is 0.111. The van der Waals surface area contributed by atoms with Crippen LogP contribution >= 0.6 is 0 Å². The van der Waals surface area contributed by atoms with E-state index in [0.29, 0.717) is 23.8 Å². The zero-order chi connectivity index (χ0) is 13.1. The average molecular weight is 252 g/mol. The Kier molecular flexibility index (Phi) is 3.32. The molecule has 19 heavy (non-hydrogen) atoms. The van der Waals surface area contributed by atoms with Crippen molar-refractivity contribution in [2.24, 2.45) is 0 Å². The van der Waals surface area contributed by atoms with Crippen molar-refractivity contribution in [1.29, 1.82) is 0 Å². The lowest BCUT2D eigenvalue weighted by Gasteiger charge is -2.10. The zero-order valence-electron chi connectivity index (χ0n) is 10.7. The molecule has 0 unspecified atom stereocenters. The largest absolute Gasteiger partial charge is 0.488 e. The Morgan fingerprint density at radius 3 is 2.58 bits per heavy atom. The molecule has 0 aromatic heterocycles. The minimum atomic E-state index is 0.491. The highest BCUT2D eigenvalue weighted by molar-refractivity contribution is 5.79. The van der Waals surface area contributed by atoms with Crippen LogP contribution in [0.25, 0.3) is 0 Å². The van der Waals surface area contributed by atoms with Gasteiger partial charge in [0.2, 0.25) is 0 Å². The first kappa shape index (κ1) is 12.0. The molecule has 0 saturated heterocycles. The van der Waals surface area contributed by atoms with Crippen LogP contribution in [0.2, 0.25) is 0 Å². The first-order chi connectivity index (χ1) is 9.36. The van der Waals surface area contributed by atoms with Crippen molar-refractivity contribution in [3.8, 4) is 5.75 Å². The van der Waals surface area contributed by atoms with Crippen molar-refractivity contribution < 1.29 is 9.53 Å². The van der Waals surface area contributed by atoms with Gasteiger partial charge >= 0.3 is 0 Å². The molecule has 2 heteroatoms. The first-order valence-electron chi connectivity index (χ1n) is 6.62. The third-order valence-corrected chi connectivity index (χ3v) is 3.45. The Hall–Kier alpha value is -2.09. The molecule has 1 aliphatic carbocycles. The normalized spacial score (nSPS) is 14.1. The van der Waals surface area contributed by atoms with E-state index in [-0.39, 0.29) is 0 Å². The molecule has 0 heterocycles. The van der Waals surface area contributed by atoms with Crippen molar-refractivity contribution in [1.82, 2.24) is 0 Å². The van der Waals surface area contributed by atoms with E-state index in [1.54, 1.807) is 0 Å². The second-order valence-corrected chi connectivity index (χ2v) is 4.96. The van der Waals surface area contributed by atoms with E-state index in [1.165, 1.54) is 18.4 Å². The van der Waals surface area contributed by atoms with Crippen LogP contribution in [0, 0.1) is 0 Å². The van der Waals surface area contributed by atoms with Crippen LogP contribution in [-0.4, -0.2) is 6.29 Å². The minimum absolute atomic E-state index is 0.491. The lowest BCUT2D eigenvalue weighted by atomic mass is 10.1. The molecule has 2 aromatic rings. The average Bonchev–Trinajstić information content (AvgIpc) is 3.30. The first-order valence-corrected chi connectivity index (χ1v) is 6.62. The molecular formula is C17H16O2. The summed E-state index contributed by atoms with van der Waals surface area (Å²) in [5.74, 6) is 1.32. The van der Waals surface area contributed by atoms with E-state index >= 15 is 0 Å². The molecule has 0 aliphatic heterocycles. The van der Waals surface area contributed by atoms with Gasteiger partial charge in [-0.3, -0.25) is 4.79 Å². The van der Waals surface area contributed by atoms with Crippen molar-refractivity contribution in [3.63, 3.8) is 0 Å². The van der Waals surface area contributed by atoms with Gasteiger partial charge in [-0.1, -0.05) is 36.4 Å². The Bertz CT molecular complexity index is 571. The molecule has 0 N–H and O–H groups in total. The van der Waals surface area contributed by atoms with Crippen LogP contribution in [0.3, 0.4) is 0 Å². The summed E-state index contributed by atoms with van der Waals surface area (Å²) in [7, 11) is 0. The van der Waals surface area contributed by atoms with Gasteiger partial charge in [-0.15, -0.1) is 0 Å². The molecule has 0 spiro atoms. The van der Waals surface area contributed by atoms with Crippen LogP contribution in [0.1, 0.15) is 40.2 Å². The van der Waals surface area contributed by atoms with Crippen molar-refractivity contribution in [2.45, 2.75) is 25.4 Å². The van der Waals surface area contributed by atoms with Crippen LogP contribution in [0.5, 0.6) is 5.75 Å². The van der Waals surface area contributed by atoms with Crippen molar-refractivity contribution in [2.75, 3.05) is 0 Å². The minimum Gasteiger partial charge on any atom is -0.488 e. The number of benzene rings is 2. The maximum absolute atomic E-state index is 11.2. The number of rotatable bonds is 5. The summed E-state index contributed by atoms with van der Waals surface area (Å²) in [5.41, 5.74) is 3.01. The van der Waals surface area contributed by atoms with E-state index in [2.05, 4.69) is 6.07 Å². The molecule has 0 bridgehead atoms. The fraction of sp³-hybridized carbons (Fsp3) is 0.235. The van der Waals surface area contributed by atoms with Gasteiger partial charge in [0, 0.05) is 0 Å². The Morgan fingerprint density at radius 2 is 1.89 bits per heavy atom. The summed E-state index contributed by atoms with van der Waals surface area (Å²) >= 11 is 0. The van der Waals surface area contributed by atoms with Gasteiger partial charge in [-0.2, -0.15) is 0 Å². The fourth-order valence-corrected chi connectivity index (χ4v) is 2.20. The molecule has 2 nitrogen and oxygen atoms in total. The Labute approximate surface area is 113 Å². The zero-order valence-corrected chi connectivity index (χ0v) is 10.7. The van der Waals surface area contributed by atoms with E-state index in [4.69, 9.17) is 4.74 Å². The second kappa shape index (κ2) is 5.27. The topological polar surface area (TPSA) is 26.3 Å². The summed E-state index contributed by atoms with van der Waals surface area (Å²) in [6, 6.07) is 15.9. The third-order valence-electron chi connectivity index (χ3n) is 3.45. The molecule has 1 saturated carbocycles. The quantitative estimate of drug-likeness (QED) is 0.753. The Morgan fingerprint density at radius 1 is 1.11 bits per heavy atom. The molecule has 96 valence electrons. The van der Waals surface area contributed by atoms with Gasteiger partial charge in [0.15, 0.2) is 6.29 Å². The molecule has 0 radical (unpaired) electrons. The van der Waals surface area contributed by atoms with Gasteiger partial charge in [0.05, 0.1) is 5.56 Å². The number of hydrogen-bond donors (Lipinski definition) is 0. The van der Waals surface area contributed by atoms with Crippen LogP contribution in [0.4, 0.5) is 0 Å². The predicted molar refractivity (Wildman–Crippen MR) is 74.6 cm³/mol. The summed E-state index contributed by atoms with van der Waals surface area (Å²) in [6.07, 6.45) is 3.36. The molecule has 1 fully saturated rings. The lowest BCUT2D eigenvalue weighted by Crippen LogP contribution is -1.98. The van der Waals surface area contributed by atoms with Crippen molar-refractivity contribution in [3.05, 3.63) is 65.2 Å². The van der Waals surface area contributed by atoms with Gasteiger partial charge in [-0.05, 0) is 42.0 Å². The number of aldehydes is 1. The number of ether oxygens (including phenoxy) is 1. The highest BCUT2D eigenvalue weighted by atomic mass is 16.5. The van der Waals surface area contributed by atoms with Crippen LogP contribution in [-0.2, 0) is 6.61 Å². The van der Waals surface area contributed by atoms with Crippen molar-refractivity contribution >= 4 is 6.29 Å². The third kappa shape index (κ3) is 2.84. The number of carbonyl (C=O) groups is 1. The summed E-state index contributed by atoms with van der Waals surface area (Å²) in [4.78, 5) is 11.2. The van der Waals surface area contributed by atoms with Gasteiger partial charge in [0.1, 0.15) is 12.4 Å². The maximum Gasteiger partial charge on any atom is 0.153 e. The molecule has 1 aliphatic rings. The number of hydrogen-bond acceptors (Lipinski definition) is 2. The summed E-state index contributed by atoms with van der Waals surface area (Å²) < 4.78 is 5.74. The van der Waals surface area contributed by atoms with E-state index < -0.39 is 0 Å². The van der Waals surface area contributed by atoms with Gasteiger partial charge in [-0.25, -0.2) is 0 Å². The highest BCUT2D eigenvalue weighted by Gasteiger charge is 2.24. The van der Waals surface area contributed by atoms with E-state index in [9.17, 15) is 4.79 Å². The SMILES string of the molecule is O=Cc1cc(C2CC2)ccc1OCc1ccccc1. The molecular weight excluding hydrogens is 236 g/mol. The molecule has 0 atom stereocenters. The fourth-order valence-electron chi connectivity index (χ4n) is 2.20. The number of carbonyl (C=O) groups excluding carboxylic acids is 1. The molecule has 3 rings (SSSR count). The van der Waals surface area contributed by atoms with E-state index in [0.717, 1.165) is 11.8 Å². The standard InChI is InChI=1S/C17H16O2/c18-11-16-10-15(14-6-7-14)8-9-17(16)19-12-13-4-2-1-3-5-13/h1-5,8-11,14H,6-7,12H2. The van der Waals surface area contributed by atoms with Gasteiger partial charge < -0.3 is 4.74 Å².